The molecule has 5 nitrogen and oxygen atoms in total. The Hall–Kier alpha value is -3.16. The highest BCUT2D eigenvalue weighted by molar-refractivity contribution is 6.02. The quantitative estimate of drug-likeness (QED) is 0.776. The standard InChI is InChI=1S/C18H16F3NO4/c1-24-15-7-3-12(16(11-15)25-2)4-10-17(23)22-13-5-8-14(9-6-13)26-18(19,20)21/h3-11H,1-2H3,(H,22,23)/b10-4+. The molecule has 2 rings (SSSR count). The average molecular weight is 367 g/mol. The molecule has 138 valence electrons. The molecular formula is C18H16F3NO4. The fourth-order valence-electron chi connectivity index (χ4n) is 2.05. The van der Waals surface area contributed by atoms with Crippen molar-refractivity contribution in [1.29, 1.82) is 0 Å². The van der Waals surface area contributed by atoms with Gasteiger partial charge in [-0.25, -0.2) is 0 Å². The highest BCUT2D eigenvalue weighted by Crippen LogP contribution is 2.26. The lowest BCUT2D eigenvalue weighted by Gasteiger charge is -2.09. The number of carbonyl (C=O) groups excluding carboxylic acids is 1. The number of amides is 1. The van der Waals surface area contributed by atoms with E-state index >= 15 is 0 Å². The maximum Gasteiger partial charge on any atom is 0.573 e. The van der Waals surface area contributed by atoms with Crippen molar-refractivity contribution in [2.24, 2.45) is 0 Å². The van der Waals surface area contributed by atoms with Crippen LogP contribution in [0.3, 0.4) is 0 Å². The number of alkyl halides is 3. The number of hydrogen-bond donors (Lipinski definition) is 1. The molecule has 0 unspecified atom stereocenters. The van der Waals surface area contributed by atoms with Crippen LogP contribution in [0.1, 0.15) is 5.56 Å². The van der Waals surface area contributed by atoms with Gasteiger partial charge in [0, 0.05) is 23.4 Å². The van der Waals surface area contributed by atoms with Gasteiger partial charge in [-0.3, -0.25) is 4.79 Å². The number of halogens is 3. The Morgan fingerprint density at radius 1 is 1.00 bits per heavy atom. The number of methoxy groups -OCH3 is 2. The second-order valence-corrected chi connectivity index (χ2v) is 5.00. The smallest absolute Gasteiger partial charge is 0.497 e. The SMILES string of the molecule is COc1ccc(/C=C/C(=O)Nc2ccc(OC(F)(F)F)cc2)c(OC)c1. The van der Waals surface area contributed by atoms with Crippen molar-refractivity contribution < 1.29 is 32.2 Å². The molecule has 1 N–H and O–H groups in total. The number of nitrogens with one attached hydrogen (secondary N) is 1. The van der Waals surface area contributed by atoms with Gasteiger partial charge in [-0.15, -0.1) is 13.2 Å². The van der Waals surface area contributed by atoms with Gasteiger partial charge in [-0.1, -0.05) is 0 Å². The van der Waals surface area contributed by atoms with Crippen LogP contribution in [0.25, 0.3) is 6.08 Å². The number of benzene rings is 2. The van der Waals surface area contributed by atoms with Gasteiger partial charge >= 0.3 is 6.36 Å². The van der Waals surface area contributed by atoms with E-state index < -0.39 is 12.3 Å². The monoisotopic (exact) mass is 367 g/mol. The first kappa shape index (κ1) is 19.2. The maximum atomic E-state index is 12.1. The van der Waals surface area contributed by atoms with Gasteiger partial charge in [0.2, 0.25) is 5.91 Å². The van der Waals surface area contributed by atoms with Gasteiger partial charge in [-0.2, -0.15) is 0 Å². The Kier molecular flexibility index (Phi) is 6.11. The summed E-state index contributed by atoms with van der Waals surface area (Å²) in [4.78, 5) is 11.9. The molecule has 0 fully saturated rings. The van der Waals surface area contributed by atoms with E-state index in [4.69, 9.17) is 9.47 Å². The fourth-order valence-corrected chi connectivity index (χ4v) is 2.05. The second-order valence-electron chi connectivity index (χ2n) is 5.00. The Balaban J connectivity index is 2.01. The van der Waals surface area contributed by atoms with Crippen molar-refractivity contribution in [1.82, 2.24) is 0 Å². The Labute approximate surface area is 148 Å². The van der Waals surface area contributed by atoms with Crippen LogP contribution in [-0.2, 0) is 4.79 Å². The molecule has 8 heteroatoms. The molecule has 0 spiro atoms. The molecule has 0 aliphatic rings. The van der Waals surface area contributed by atoms with Gasteiger partial charge < -0.3 is 19.5 Å². The summed E-state index contributed by atoms with van der Waals surface area (Å²) in [5.41, 5.74) is 0.994. The van der Waals surface area contributed by atoms with E-state index in [9.17, 15) is 18.0 Å². The lowest BCUT2D eigenvalue weighted by atomic mass is 10.1. The summed E-state index contributed by atoms with van der Waals surface area (Å²) < 4.78 is 50.4. The molecule has 0 aromatic heterocycles. The molecule has 0 atom stereocenters. The second kappa shape index (κ2) is 8.28. The topological polar surface area (TPSA) is 56.8 Å². The van der Waals surface area contributed by atoms with E-state index in [2.05, 4.69) is 10.1 Å². The Morgan fingerprint density at radius 2 is 1.65 bits per heavy atom. The first-order chi connectivity index (χ1) is 12.3. The van der Waals surface area contributed by atoms with Crippen LogP contribution < -0.4 is 19.5 Å². The molecule has 0 aliphatic heterocycles. The van der Waals surface area contributed by atoms with Crippen LogP contribution in [0.2, 0.25) is 0 Å². The van der Waals surface area contributed by atoms with E-state index in [1.54, 1.807) is 24.3 Å². The number of carbonyl (C=O) groups is 1. The molecule has 0 saturated heterocycles. The molecular weight excluding hydrogens is 351 g/mol. The predicted molar refractivity (Wildman–Crippen MR) is 90.3 cm³/mol. The number of ether oxygens (including phenoxy) is 3. The Morgan fingerprint density at radius 3 is 2.23 bits per heavy atom. The van der Waals surface area contributed by atoms with Gasteiger partial charge in [-0.05, 0) is 42.5 Å². The van der Waals surface area contributed by atoms with E-state index in [1.807, 2.05) is 0 Å². The first-order valence-corrected chi connectivity index (χ1v) is 7.37. The lowest BCUT2D eigenvalue weighted by molar-refractivity contribution is -0.274. The minimum absolute atomic E-state index is 0.330. The molecule has 0 saturated carbocycles. The fraction of sp³-hybridized carbons (Fsp3) is 0.167. The van der Waals surface area contributed by atoms with E-state index in [-0.39, 0.29) is 5.75 Å². The third kappa shape index (κ3) is 5.73. The van der Waals surface area contributed by atoms with Crippen LogP contribution in [0, 0.1) is 0 Å². The zero-order chi connectivity index (χ0) is 19.2. The summed E-state index contributed by atoms with van der Waals surface area (Å²) in [6, 6.07) is 9.96. The van der Waals surface area contributed by atoms with Crippen LogP contribution in [0.4, 0.5) is 18.9 Å². The molecule has 0 bridgehead atoms. The van der Waals surface area contributed by atoms with Crippen molar-refractivity contribution in [2.75, 3.05) is 19.5 Å². The lowest BCUT2D eigenvalue weighted by Crippen LogP contribution is -2.17. The molecule has 0 aliphatic carbocycles. The van der Waals surface area contributed by atoms with E-state index in [0.717, 1.165) is 12.1 Å². The minimum Gasteiger partial charge on any atom is -0.497 e. The summed E-state index contributed by atoms with van der Waals surface area (Å²) >= 11 is 0. The van der Waals surface area contributed by atoms with Crippen molar-refractivity contribution in [3.8, 4) is 17.2 Å². The van der Waals surface area contributed by atoms with Crippen molar-refractivity contribution in [3.05, 3.63) is 54.1 Å². The van der Waals surface area contributed by atoms with Gasteiger partial charge in [0.15, 0.2) is 0 Å². The zero-order valence-electron chi connectivity index (χ0n) is 14.0. The maximum absolute atomic E-state index is 12.1. The van der Waals surface area contributed by atoms with Crippen LogP contribution in [0.5, 0.6) is 17.2 Å². The van der Waals surface area contributed by atoms with Crippen molar-refractivity contribution >= 4 is 17.7 Å². The third-order valence-electron chi connectivity index (χ3n) is 3.21. The van der Waals surface area contributed by atoms with Crippen LogP contribution in [-0.4, -0.2) is 26.5 Å². The van der Waals surface area contributed by atoms with E-state index in [0.29, 0.717) is 22.7 Å². The summed E-state index contributed by atoms with van der Waals surface area (Å²) in [6.07, 6.45) is -1.93. The zero-order valence-corrected chi connectivity index (χ0v) is 14.0. The summed E-state index contributed by atoms with van der Waals surface area (Å²) in [6.45, 7) is 0. The summed E-state index contributed by atoms with van der Waals surface area (Å²) in [5.74, 6) is 0.327. The van der Waals surface area contributed by atoms with E-state index in [1.165, 1.54) is 32.4 Å². The number of anilines is 1. The van der Waals surface area contributed by atoms with Crippen molar-refractivity contribution in [2.45, 2.75) is 6.36 Å². The molecule has 2 aromatic carbocycles. The number of hydrogen-bond acceptors (Lipinski definition) is 4. The summed E-state index contributed by atoms with van der Waals surface area (Å²) in [7, 11) is 3.03. The van der Waals surface area contributed by atoms with Gasteiger partial charge in [0.25, 0.3) is 0 Å². The van der Waals surface area contributed by atoms with Crippen LogP contribution >= 0.6 is 0 Å². The Bertz CT molecular complexity index is 786. The first-order valence-electron chi connectivity index (χ1n) is 7.37. The largest absolute Gasteiger partial charge is 0.573 e. The molecule has 1 amide bonds. The molecule has 0 heterocycles. The molecule has 0 radical (unpaired) electrons. The number of rotatable bonds is 6. The minimum atomic E-state index is -4.76. The predicted octanol–water partition coefficient (Wildman–Crippen LogP) is 4.25. The highest BCUT2D eigenvalue weighted by Gasteiger charge is 2.30. The van der Waals surface area contributed by atoms with Gasteiger partial charge in [0.1, 0.15) is 17.2 Å². The summed E-state index contributed by atoms with van der Waals surface area (Å²) in [5, 5.41) is 2.53. The average Bonchev–Trinajstić information content (AvgIpc) is 2.60. The van der Waals surface area contributed by atoms with Gasteiger partial charge in [0.05, 0.1) is 14.2 Å². The highest BCUT2D eigenvalue weighted by atomic mass is 19.4. The molecule has 26 heavy (non-hydrogen) atoms. The molecule has 2 aromatic rings. The normalized spacial score (nSPS) is 11.3. The van der Waals surface area contributed by atoms with Crippen molar-refractivity contribution in [3.63, 3.8) is 0 Å². The van der Waals surface area contributed by atoms with Crippen LogP contribution in [0.15, 0.2) is 48.5 Å². The third-order valence-corrected chi connectivity index (χ3v) is 3.21.